The van der Waals surface area contributed by atoms with Gasteiger partial charge in [-0.05, 0) is 18.9 Å². The Balaban J connectivity index is 1.61. The summed E-state index contributed by atoms with van der Waals surface area (Å²) in [7, 11) is -3.13. The van der Waals surface area contributed by atoms with Crippen molar-refractivity contribution in [2.24, 2.45) is 0 Å². The summed E-state index contributed by atoms with van der Waals surface area (Å²) in [5, 5.41) is 0.592. The van der Waals surface area contributed by atoms with Crippen LogP contribution in [0.25, 0.3) is 0 Å². The van der Waals surface area contributed by atoms with E-state index in [1.807, 2.05) is 43.0 Å². The van der Waals surface area contributed by atoms with Crippen LogP contribution in [0.4, 0.5) is 0 Å². The Kier molecular flexibility index (Phi) is 7.89. The average Bonchev–Trinajstić information content (AvgIpc) is 3.02. The number of sulfonamides is 1. The fraction of sp³-hybridized carbons (Fsp3) is 0.650. The van der Waals surface area contributed by atoms with Gasteiger partial charge in [-0.1, -0.05) is 43.6 Å². The number of thioether (sulfide) groups is 1. The summed E-state index contributed by atoms with van der Waals surface area (Å²) in [6, 6.07) is 7.73. The topological polar surface area (TPSA) is 60.9 Å². The molecule has 6 nitrogen and oxygen atoms in total. The third-order valence-corrected chi connectivity index (χ3v) is 9.57. The van der Waals surface area contributed by atoms with Crippen LogP contribution in [0.5, 0.6) is 0 Å². The van der Waals surface area contributed by atoms with E-state index in [4.69, 9.17) is 11.6 Å². The molecule has 0 aliphatic carbocycles. The van der Waals surface area contributed by atoms with E-state index in [0.717, 1.165) is 18.5 Å². The third kappa shape index (κ3) is 5.28. The molecule has 0 N–H and O–H groups in total. The largest absolute Gasteiger partial charge is 0.324 e. The lowest BCUT2D eigenvalue weighted by Crippen LogP contribution is -2.51. The van der Waals surface area contributed by atoms with Crippen LogP contribution in [0.2, 0.25) is 5.02 Å². The maximum atomic E-state index is 12.9. The Morgan fingerprint density at radius 1 is 1.10 bits per heavy atom. The predicted octanol–water partition coefficient (Wildman–Crippen LogP) is 3.05. The van der Waals surface area contributed by atoms with Crippen molar-refractivity contribution in [3.63, 3.8) is 0 Å². The van der Waals surface area contributed by atoms with Crippen molar-refractivity contribution in [2.45, 2.75) is 37.3 Å². The molecular weight excluding hydrogens is 430 g/mol. The molecule has 29 heavy (non-hydrogen) atoms. The van der Waals surface area contributed by atoms with Gasteiger partial charge in [0.25, 0.3) is 0 Å². The lowest BCUT2D eigenvalue weighted by molar-refractivity contribution is -0.130. The van der Waals surface area contributed by atoms with Gasteiger partial charge in [0, 0.05) is 49.9 Å². The van der Waals surface area contributed by atoms with Crippen LogP contribution in [-0.4, -0.2) is 78.7 Å². The monoisotopic (exact) mass is 459 g/mol. The van der Waals surface area contributed by atoms with E-state index in [1.165, 1.54) is 0 Å². The van der Waals surface area contributed by atoms with E-state index < -0.39 is 10.0 Å². The molecule has 1 aromatic rings. The SMILES string of the molecule is CCCS(=O)(=O)N1CCN(CCN2C(=O)C(CC)SC2c2ccccc2Cl)CC1. The first-order valence-corrected chi connectivity index (χ1v) is 13.2. The average molecular weight is 460 g/mol. The smallest absolute Gasteiger partial charge is 0.236 e. The zero-order valence-corrected chi connectivity index (χ0v) is 19.5. The zero-order chi connectivity index (χ0) is 21.0. The summed E-state index contributed by atoms with van der Waals surface area (Å²) in [5.41, 5.74) is 0.985. The van der Waals surface area contributed by atoms with Gasteiger partial charge in [-0.25, -0.2) is 8.42 Å². The predicted molar refractivity (Wildman–Crippen MR) is 120 cm³/mol. The highest BCUT2D eigenvalue weighted by Gasteiger charge is 2.40. The Morgan fingerprint density at radius 3 is 2.41 bits per heavy atom. The molecule has 2 aliphatic heterocycles. The Hall–Kier alpha value is -0.800. The molecular formula is C20H30ClN3O3S2. The van der Waals surface area contributed by atoms with Gasteiger partial charge in [0.15, 0.2) is 0 Å². The number of hydrogen-bond acceptors (Lipinski definition) is 5. The molecule has 2 heterocycles. The van der Waals surface area contributed by atoms with Gasteiger partial charge in [-0.15, -0.1) is 11.8 Å². The first-order chi connectivity index (χ1) is 13.9. The maximum Gasteiger partial charge on any atom is 0.236 e. The molecule has 2 unspecified atom stereocenters. The number of carbonyl (C=O) groups excluding carboxylic acids is 1. The number of rotatable bonds is 8. The molecule has 0 radical (unpaired) electrons. The van der Waals surface area contributed by atoms with Crippen molar-refractivity contribution >= 4 is 39.3 Å². The summed E-state index contributed by atoms with van der Waals surface area (Å²) in [4.78, 5) is 17.1. The third-order valence-electron chi connectivity index (χ3n) is 5.52. The summed E-state index contributed by atoms with van der Waals surface area (Å²) in [6.45, 7) is 7.74. The van der Waals surface area contributed by atoms with Gasteiger partial charge in [0.2, 0.25) is 15.9 Å². The Morgan fingerprint density at radius 2 is 1.79 bits per heavy atom. The number of amides is 1. The molecule has 0 saturated carbocycles. The first-order valence-electron chi connectivity index (χ1n) is 10.3. The zero-order valence-electron chi connectivity index (χ0n) is 17.1. The molecule has 2 fully saturated rings. The highest BCUT2D eigenvalue weighted by molar-refractivity contribution is 8.01. The minimum Gasteiger partial charge on any atom is -0.324 e. The summed E-state index contributed by atoms with van der Waals surface area (Å²) in [5.74, 6) is 0.385. The second-order valence-electron chi connectivity index (χ2n) is 7.50. The van der Waals surface area contributed by atoms with Crippen molar-refractivity contribution < 1.29 is 13.2 Å². The van der Waals surface area contributed by atoms with Crippen LogP contribution >= 0.6 is 23.4 Å². The summed E-state index contributed by atoms with van der Waals surface area (Å²) >= 11 is 8.09. The fourth-order valence-electron chi connectivity index (χ4n) is 3.87. The molecule has 9 heteroatoms. The Labute approximate surface area is 183 Å². The van der Waals surface area contributed by atoms with E-state index in [0.29, 0.717) is 44.2 Å². The minimum absolute atomic E-state index is 0.0349. The lowest BCUT2D eigenvalue weighted by atomic mass is 10.2. The number of carbonyl (C=O) groups is 1. The summed E-state index contributed by atoms with van der Waals surface area (Å²) in [6.07, 6.45) is 1.44. The molecule has 1 amide bonds. The van der Waals surface area contributed by atoms with E-state index >= 15 is 0 Å². The number of nitrogens with zero attached hydrogens (tertiary/aromatic N) is 3. The maximum absolute atomic E-state index is 12.9. The number of halogens is 1. The van der Waals surface area contributed by atoms with Gasteiger partial charge in [0.05, 0.1) is 11.0 Å². The van der Waals surface area contributed by atoms with Crippen LogP contribution < -0.4 is 0 Å². The van der Waals surface area contributed by atoms with Crippen molar-refractivity contribution in [3.05, 3.63) is 34.9 Å². The molecule has 0 aromatic heterocycles. The highest BCUT2D eigenvalue weighted by atomic mass is 35.5. The van der Waals surface area contributed by atoms with E-state index in [-0.39, 0.29) is 22.3 Å². The molecule has 2 saturated heterocycles. The van der Waals surface area contributed by atoms with Crippen LogP contribution in [-0.2, 0) is 14.8 Å². The fourth-order valence-corrected chi connectivity index (χ4v) is 7.13. The normalized spacial score (nSPS) is 24.4. The van der Waals surface area contributed by atoms with Crippen LogP contribution in [0.1, 0.15) is 37.6 Å². The molecule has 1 aromatic carbocycles. The molecule has 2 atom stereocenters. The highest BCUT2D eigenvalue weighted by Crippen LogP contribution is 2.45. The second-order valence-corrected chi connectivity index (χ2v) is 11.3. The molecule has 0 spiro atoms. The van der Waals surface area contributed by atoms with Crippen molar-refractivity contribution in [3.8, 4) is 0 Å². The van der Waals surface area contributed by atoms with Crippen molar-refractivity contribution in [2.75, 3.05) is 45.0 Å². The lowest BCUT2D eigenvalue weighted by Gasteiger charge is -2.35. The van der Waals surface area contributed by atoms with Gasteiger partial charge in [-0.3, -0.25) is 9.69 Å². The molecule has 2 aliphatic rings. The second kappa shape index (κ2) is 10.0. The number of hydrogen-bond donors (Lipinski definition) is 0. The van der Waals surface area contributed by atoms with Gasteiger partial charge in [0.1, 0.15) is 5.37 Å². The molecule has 162 valence electrons. The van der Waals surface area contributed by atoms with Crippen LogP contribution in [0, 0.1) is 0 Å². The van der Waals surface area contributed by atoms with Crippen LogP contribution in [0.3, 0.4) is 0 Å². The van der Waals surface area contributed by atoms with E-state index in [9.17, 15) is 13.2 Å². The summed E-state index contributed by atoms with van der Waals surface area (Å²) < 4.78 is 26.1. The minimum atomic E-state index is -3.13. The first kappa shape index (κ1) is 22.9. The van der Waals surface area contributed by atoms with Gasteiger partial charge < -0.3 is 4.90 Å². The van der Waals surface area contributed by atoms with E-state index in [2.05, 4.69) is 4.90 Å². The van der Waals surface area contributed by atoms with Gasteiger partial charge in [-0.2, -0.15) is 4.31 Å². The van der Waals surface area contributed by atoms with Gasteiger partial charge >= 0.3 is 0 Å². The Bertz CT molecular complexity index is 813. The quantitative estimate of drug-likeness (QED) is 0.598. The standard InChI is InChI=1S/C20H30ClN3O3S2/c1-3-15-29(26,27)23-12-9-22(10-13-23)11-14-24-19(25)18(4-2)28-20(24)16-7-5-6-8-17(16)21/h5-8,18,20H,3-4,9-15H2,1-2H3. The number of benzene rings is 1. The van der Waals surface area contributed by atoms with Crippen molar-refractivity contribution in [1.82, 2.24) is 14.1 Å². The molecule has 3 rings (SSSR count). The van der Waals surface area contributed by atoms with E-state index in [1.54, 1.807) is 16.1 Å². The number of piperazine rings is 1. The van der Waals surface area contributed by atoms with Crippen LogP contribution in [0.15, 0.2) is 24.3 Å². The van der Waals surface area contributed by atoms with Crippen molar-refractivity contribution in [1.29, 1.82) is 0 Å². The molecule has 0 bridgehead atoms.